The van der Waals surface area contributed by atoms with Crippen LogP contribution in [-0.4, -0.2) is 25.7 Å². The van der Waals surface area contributed by atoms with E-state index in [0.29, 0.717) is 30.6 Å². The van der Waals surface area contributed by atoms with Gasteiger partial charge in [-0.05, 0) is 53.9 Å². The van der Waals surface area contributed by atoms with E-state index in [1.807, 2.05) is 66.7 Å². The highest BCUT2D eigenvalue weighted by Gasteiger charge is 2.09. The molecule has 5 heteroatoms. The summed E-state index contributed by atoms with van der Waals surface area (Å²) in [7, 11) is 0. The molecule has 3 aromatic rings. The summed E-state index contributed by atoms with van der Waals surface area (Å²) in [5.74, 6) is 2.39. The molecule has 0 aliphatic carbocycles. The van der Waals surface area contributed by atoms with Crippen LogP contribution >= 0.6 is 0 Å². The third-order valence-corrected chi connectivity index (χ3v) is 4.40. The van der Waals surface area contributed by atoms with Gasteiger partial charge in [-0.25, -0.2) is 0 Å². The van der Waals surface area contributed by atoms with Crippen LogP contribution in [0.2, 0.25) is 0 Å². The van der Waals surface area contributed by atoms with Crippen LogP contribution in [0.25, 0.3) is 0 Å². The fraction of sp³-hybridized carbons (Fsp3) is 0.240. The first kappa shape index (κ1) is 21.2. The molecular formula is C25H27NO4. The second-order valence-electron chi connectivity index (χ2n) is 7.06. The van der Waals surface area contributed by atoms with E-state index in [9.17, 15) is 4.79 Å². The van der Waals surface area contributed by atoms with Gasteiger partial charge in [-0.1, -0.05) is 50.2 Å². The van der Waals surface area contributed by atoms with Crippen molar-refractivity contribution in [3.05, 3.63) is 84.4 Å². The molecule has 3 rings (SSSR count). The first-order chi connectivity index (χ1) is 14.6. The monoisotopic (exact) mass is 405 g/mol. The number of hydrogen-bond donors (Lipinski definition) is 1. The average Bonchev–Trinajstić information content (AvgIpc) is 2.77. The largest absolute Gasteiger partial charge is 0.490 e. The van der Waals surface area contributed by atoms with E-state index >= 15 is 0 Å². The van der Waals surface area contributed by atoms with Gasteiger partial charge in [0.1, 0.15) is 30.5 Å². The predicted octanol–water partition coefficient (Wildman–Crippen LogP) is 5.29. The number of ether oxygens (including phenoxy) is 3. The van der Waals surface area contributed by atoms with Crippen molar-refractivity contribution >= 4 is 11.6 Å². The first-order valence-electron chi connectivity index (χ1n) is 10.0. The quantitative estimate of drug-likeness (QED) is 0.466. The summed E-state index contributed by atoms with van der Waals surface area (Å²) in [5.41, 5.74) is 1.77. The molecule has 1 amide bonds. The fourth-order valence-corrected chi connectivity index (χ4v) is 2.90. The Morgan fingerprint density at radius 3 is 2.03 bits per heavy atom. The van der Waals surface area contributed by atoms with Crippen LogP contribution < -0.4 is 19.5 Å². The molecule has 3 aromatic carbocycles. The molecule has 0 aliphatic rings. The number of carbonyl (C=O) groups excluding carboxylic acids is 1. The Morgan fingerprint density at radius 1 is 0.767 bits per heavy atom. The highest BCUT2D eigenvalue weighted by Crippen LogP contribution is 2.25. The number of rotatable bonds is 10. The van der Waals surface area contributed by atoms with Gasteiger partial charge < -0.3 is 19.5 Å². The second-order valence-corrected chi connectivity index (χ2v) is 7.06. The molecule has 0 heterocycles. The molecule has 156 valence electrons. The Labute approximate surface area is 177 Å². The smallest absolute Gasteiger partial charge is 0.262 e. The zero-order valence-corrected chi connectivity index (χ0v) is 17.3. The van der Waals surface area contributed by atoms with E-state index in [0.717, 1.165) is 17.1 Å². The third-order valence-electron chi connectivity index (χ3n) is 4.40. The molecule has 0 atom stereocenters. The van der Waals surface area contributed by atoms with Gasteiger partial charge in [-0.15, -0.1) is 0 Å². The Bertz CT molecular complexity index is 923. The summed E-state index contributed by atoms with van der Waals surface area (Å²) in [6.07, 6.45) is 0. The van der Waals surface area contributed by atoms with Crippen molar-refractivity contribution in [2.75, 3.05) is 25.1 Å². The molecule has 0 aliphatic heterocycles. The lowest BCUT2D eigenvalue weighted by atomic mass is 10.0. The van der Waals surface area contributed by atoms with Crippen LogP contribution in [-0.2, 0) is 4.79 Å². The second kappa shape index (κ2) is 10.9. The number of hydrogen-bond acceptors (Lipinski definition) is 4. The zero-order chi connectivity index (χ0) is 21.2. The zero-order valence-electron chi connectivity index (χ0n) is 17.3. The average molecular weight is 405 g/mol. The molecule has 0 unspecified atom stereocenters. The summed E-state index contributed by atoms with van der Waals surface area (Å²) in [5, 5.41) is 2.83. The van der Waals surface area contributed by atoms with Crippen LogP contribution in [0.5, 0.6) is 17.2 Å². The maximum atomic E-state index is 12.2. The highest BCUT2D eigenvalue weighted by atomic mass is 16.5. The van der Waals surface area contributed by atoms with Gasteiger partial charge in [-0.3, -0.25) is 4.79 Å². The van der Waals surface area contributed by atoms with Gasteiger partial charge in [0.2, 0.25) is 0 Å². The van der Waals surface area contributed by atoms with Crippen LogP contribution in [0.15, 0.2) is 78.9 Å². The summed E-state index contributed by atoms with van der Waals surface area (Å²) in [6.45, 7) is 5.04. The standard InChI is InChI=1S/C25H27NO4/c1-19(2)23-10-6-7-11-24(23)30-18-25(27)26-20-12-14-22(15-13-20)29-17-16-28-21-8-4-3-5-9-21/h3-15,19H,16-18H2,1-2H3,(H,26,27). The highest BCUT2D eigenvalue weighted by molar-refractivity contribution is 5.91. The minimum Gasteiger partial charge on any atom is -0.490 e. The van der Waals surface area contributed by atoms with E-state index in [4.69, 9.17) is 14.2 Å². The number of anilines is 1. The van der Waals surface area contributed by atoms with E-state index in [2.05, 4.69) is 19.2 Å². The molecular weight excluding hydrogens is 378 g/mol. The number of nitrogens with one attached hydrogen (secondary N) is 1. The lowest BCUT2D eigenvalue weighted by Gasteiger charge is -2.14. The summed E-state index contributed by atoms with van der Waals surface area (Å²) in [6, 6.07) is 24.6. The van der Waals surface area contributed by atoms with Crippen molar-refractivity contribution in [1.82, 2.24) is 0 Å². The van der Waals surface area contributed by atoms with Gasteiger partial charge in [0.15, 0.2) is 6.61 Å². The minimum atomic E-state index is -0.210. The van der Waals surface area contributed by atoms with Crippen LogP contribution in [0.1, 0.15) is 25.3 Å². The fourth-order valence-electron chi connectivity index (χ4n) is 2.90. The molecule has 0 saturated heterocycles. The molecule has 0 fully saturated rings. The lowest BCUT2D eigenvalue weighted by Crippen LogP contribution is -2.20. The topological polar surface area (TPSA) is 56.8 Å². The molecule has 30 heavy (non-hydrogen) atoms. The van der Waals surface area contributed by atoms with E-state index in [1.54, 1.807) is 12.1 Å². The van der Waals surface area contributed by atoms with Gasteiger partial charge in [-0.2, -0.15) is 0 Å². The van der Waals surface area contributed by atoms with E-state index < -0.39 is 0 Å². The molecule has 5 nitrogen and oxygen atoms in total. The Morgan fingerprint density at radius 2 is 1.37 bits per heavy atom. The summed E-state index contributed by atoms with van der Waals surface area (Å²) < 4.78 is 17.0. The van der Waals surface area contributed by atoms with Crippen LogP contribution in [0, 0.1) is 0 Å². The Balaban J connectivity index is 1.41. The number of benzene rings is 3. The number of carbonyl (C=O) groups is 1. The summed E-state index contributed by atoms with van der Waals surface area (Å²) in [4.78, 5) is 12.2. The van der Waals surface area contributed by atoms with E-state index in [1.165, 1.54) is 0 Å². The molecule has 0 bridgehead atoms. The molecule has 0 saturated carbocycles. The molecule has 0 radical (unpaired) electrons. The van der Waals surface area contributed by atoms with Gasteiger partial charge >= 0.3 is 0 Å². The minimum absolute atomic E-state index is 0.0428. The van der Waals surface area contributed by atoms with Crippen molar-refractivity contribution in [3.8, 4) is 17.2 Å². The van der Waals surface area contributed by atoms with Crippen molar-refractivity contribution in [1.29, 1.82) is 0 Å². The Kier molecular flexibility index (Phi) is 7.72. The maximum absolute atomic E-state index is 12.2. The van der Waals surface area contributed by atoms with Crippen molar-refractivity contribution < 1.29 is 19.0 Å². The number of para-hydroxylation sites is 2. The van der Waals surface area contributed by atoms with Crippen molar-refractivity contribution in [2.45, 2.75) is 19.8 Å². The normalized spacial score (nSPS) is 10.5. The van der Waals surface area contributed by atoms with Gasteiger partial charge in [0, 0.05) is 5.69 Å². The van der Waals surface area contributed by atoms with Crippen LogP contribution in [0.3, 0.4) is 0 Å². The van der Waals surface area contributed by atoms with Gasteiger partial charge in [0.25, 0.3) is 5.91 Å². The molecule has 0 spiro atoms. The number of amides is 1. The van der Waals surface area contributed by atoms with Gasteiger partial charge in [0.05, 0.1) is 0 Å². The predicted molar refractivity (Wildman–Crippen MR) is 119 cm³/mol. The maximum Gasteiger partial charge on any atom is 0.262 e. The lowest BCUT2D eigenvalue weighted by molar-refractivity contribution is -0.118. The SMILES string of the molecule is CC(C)c1ccccc1OCC(=O)Nc1ccc(OCCOc2ccccc2)cc1. The van der Waals surface area contributed by atoms with Crippen molar-refractivity contribution in [2.24, 2.45) is 0 Å². The van der Waals surface area contributed by atoms with E-state index in [-0.39, 0.29) is 12.5 Å². The Hall–Kier alpha value is -3.47. The first-order valence-corrected chi connectivity index (χ1v) is 10.0. The molecule has 0 aromatic heterocycles. The van der Waals surface area contributed by atoms with Crippen LogP contribution in [0.4, 0.5) is 5.69 Å². The third kappa shape index (κ3) is 6.55. The van der Waals surface area contributed by atoms with Crippen molar-refractivity contribution in [3.63, 3.8) is 0 Å². The molecule has 1 N–H and O–H groups in total. The summed E-state index contributed by atoms with van der Waals surface area (Å²) >= 11 is 0.